The number of benzene rings is 1. The zero-order chi connectivity index (χ0) is 15.9. The topological polar surface area (TPSA) is 22.2 Å². The number of ether oxygens (including phenoxy) is 1. The van der Waals surface area contributed by atoms with Crippen molar-refractivity contribution < 1.29 is 4.74 Å². The van der Waals surface area contributed by atoms with Crippen molar-refractivity contribution in [2.24, 2.45) is 0 Å². The van der Waals surface area contributed by atoms with Crippen LogP contribution in [0.2, 0.25) is 0 Å². The second kappa shape index (κ2) is 6.39. The van der Waals surface area contributed by atoms with Crippen molar-refractivity contribution in [3.05, 3.63) is 35.9 Å². The summed E-state index contributed by atoms with van der Waals surface area (Å²) in [6.07, 6.45) is 2.27. The van der Waals surface area contributed by atoms with E-state index < -0.39 is 0 Å². The standard InChI is InChI=1S/C19H28N4O/c1-2-4-16(5-3-1)6-13-24-15-17-14-22-10-9-20-7-8-21-11-12-23(17)19(22)18(20)21/h1-5,17-19H,6-15H2. The first-order valence-corrected chi connectivity index (χ1v) is 9.50. The Labute approximate surface area is 144 Å². The molecule has 4 saturated heterocycles. The van der Waals surface area contributed by atoms with E-state index in [9.17, 15) is 0 Å². The van der Waals surface area contributed by atoms with E-state index in [4.69, 9.17) is 4.74 Å². The van der Waals surface area contributed by atoms with Crippen molar-refractivity contribution in [3.8, 4) is 0 Å². The monoisotopic (exact) mass is 328 g/mol. The third kappa shape index (κ3) is 2.59. The van der Waals surface area contributed by atoms with Gasteiger partial charge in [-0.15, -0.1) is 0 Å². The molecule has 4 heterocycles. The zero-order valence-electron chi connectivity index (χ0n) is 14.4. The summed E-state index contributed by atoms with van der Waals surface area (Å²) in [5.74, 6) is 0. The number of piperazine rings is 2. The van der Waals surface area contributed by atoms with Gasteiger partial charge in [-0.05, 0) is 12.0 Å². The second-order valence-electron chi connectivity index (χ2n) is 7.60. The molecule has 0 aromatic heterocycles. The second-order valence-corrected chi connectivity index (χ2v) is 7.60. The zero-order valence-corrected chi connectivity index (χ0v) is 14.4. The van der Waals surface area contributed by atoms with Crippen LogP contribution in [0.15, 0.2) is 30.3 Å². The molecule has 3 unspecified atom stereocenters. The minimum absolute atomic E-state index is 0.577. The van der Waals surface area contributed by atoms with Crippen LogP contribution in [0, 0.1) is 0 Å². The van der Waals surface area contributed by atoms with Gasteiger partial charge in [-0.3, -0.25) is 19.6 Å². The minimum Gasteiger partial charge on any atom is -0.379 e. The van der Waals surface area contributed by atoms with Crippen LogP contribution in [-0.2, 0) is 11.2 Å². The smallest absolute Gasteiger partial charge is 0.0926 e. The molecule has 5 nitrogen and oxygen atoms in total. The van der Waals surface area contributed by atoms with Crippen LogP contribution in [0.1, 0.15) is 5.56 Å². The highest BCUT2D eigenvalue weighted by atomic mass is 16.5. The Bertz CT molecular complexity index is 562. The summed E-state index contributed by atoms with van der Waals surface area (Å²) < 4.78 is 6.09. The lowest BCUT2D eigenvalue weighted by Crippen LogP contribution is -2.67. The maximum Gasteiger partial charge on any atom is 0.0926 e. The normalized spacial score (nSPS) is 33.9. The molecule has 0 saturated carbocycles. The lowest BCUT2D eigenvalue weighted by Gasteiger charge is -2.50. The van der Waals surface area contributed by atoms with Crippen molar-refractivity contribution in [3.63, 3.8) is 0 Å². The Balaban J connectivity index is 1.18. The van der Waals surface area contributed by atoms with Crippen molar-refractivity contribution in [1.29, 1.82) is 0 Å². The molecule has 4 aliphatic heterocycles. The van der Waals surface area contributed by atoms with Gasteiger partial charge in [0.15, 0.2) is 0 Å². The first-order valence-electron chi connectivity index (χ1n) is 9.50. The molecule has 1 aromatic rings. The molecule has 5 heteroatoms. The van der Waals surface area contributed by atoms with Crippen molar-refractivity contribution in [1.82, 2.24) is 19.6 Å². The Morgan fingerprint density at radius 3 is 2.33 bits per heavy atom. The van der Waals surface area contributed by atoms with Crippen molar-refractivity contribution in [2.75, 3.05) is 59.0 Å². The van der Waals surface area contributed by atoms with E-state index in [0.29, 0.717) is 18.4 Å². The van der Waals surface area contributed by atoms with Gasteiger partial charge >= 0.3 is 0 Å². The van der Waals surface area contributed by atoms with Crippen LogP contribution < -0.4 is 0 Å². The predicted molar refractivity (Wildman–Crippen MR) is 93.8 cm³/mol. The van der Waals surface area contributed by atoms with Crippen LogP contribution in [0.25, 0.3) is 0 Å². The Kier molecular flexibility index (Phi) is 4.07. The number of nitrogens with zero attached hydrogens (tertiary/aromatic N) is 4. The summed E-state index contributed by atoms with van der Waals surface area (Å²) in [6.45, 7) is 10.3. The molecule has 3 atom stereocenters. The third-order valence-corrected chi connectivity index (χ3v) is 6.33. The van der Waals surface area contributed by atoms with E-state index in [1.165, 1.54) is 51.4 Å². The molecule has 1 aromatic carbocycles. The Morgan fingerprint density at radius 2 is 1.54 bits per heavy atom. The van der Waals surface area contributed by atoms with Gasteiger partial charge in [0.1, 0.15) is 0 Å². The fraction of sp³-hybridized carbons (Fsp3) is 0.684. The van der Waals surface area contributed by atoms with E-state index in [1.54, 1.807) is 0 Å². The van der Waals surface area contributed by atoms with Gasteiger partial charge in [0.05, 0.1) is 25.5 Å². The highest BCUT2D eigenvalue weighted by Gasteiger charge is 2.53. The van der Waals surface area contributed by atoms with Gasteiger partial charge in [0.25, 0.3) is 0 Å². The van der Waals surface area contributed by atoms with E-state index in [1.807, 2.05) is 0 Å². The van der Waals surface area contributed by atoms with Gasteiger partial charge in [0.2, 0.25) is 0 Å². The van der Waals surface area contributed by atoms with Crippen LogP contribution in [0.4, 0.5) is 0 Å². The molecule has 0 radical (unpaired) electrons. The molecule has 4 aliphatic rings. The lowest BCUT2D eigenvalue weighted by atomic mass is 10.1. The maximum absolute atomic E-state index is 6.09. The number of rotatable bonds is 5. The van der Waals surface area contributed by atoms with E-state index >= 15 is 0 Å². The Hall–Kier alpha value is -0.980. The first-order chi connectivity index (χ1) is 11.9. The SMILES string of the molecule is c1ccc(CCOCC2CN3CCN4CCN5CCN2C3C45)cc1. The molecule has 0 N–H and O–H groups in total. The van der Waals surface area contributed by atoms with Crippen LogP contribution in [0.5, 0.6) is 0 Å². The highest BCUT2D eigenvalue weighted by Crippen LogP contribution is 2.35. The van der Waals surface area contributed by atoms with Crippen LogP contribution >= 0.6 is 0 Å². The molecule has 24 heavy (non-hydrogen) atoms. The van der Waals surface area contributed by atoms with Gasteiger partial charge in [-0.25, -0.2) is 0 Å². The third-order valence-electron chi connectivity index (χ3n) is 6.33. The quantitative estimate of drug-likeness (QED) is 0.734. The minimum atomic E-state index is 0.577. The first kappa shape index (κ1) is 15.3. The van der Waals surface area contributed by atoms with Crippen LogP contribution in [-0.4, -0.2) is 97.0 Å². The van der Waals surface area contributed by atoms with E-state index in [-0.39, 0.29) is 0 Å². The predicted octanol–water partition coefficient (Wildman–Crippen LogP) is 0.529. The van der Waals surface area contributed by atoms with Gasteiger partial charge < -0.3 is 4.74 Å². The summed E-state index contributed by atoms with van der Waals surface area (Å²) in [6, 6.07) is 11.2. The lowest BCUT2D eigenvalue weighted by molar-refractivity contribution is -0.0842. The number of hydrogen-bond donors (Lipinski definition) is 0. The van der Waals surface area contributed by atoms with E-state index in [0.717, 1.165) is 19.6 Å². The molecule has 0 aliphatic carbocycles. The molecule has 130 valence electrons. The summed E-state index contributed by atoms with van der Waals surface area (Å²) >= 11 is 0. The molecule has 0 bridgehead atoms. The average Bonchev–Trinajstić information content (AvgIpc) is 3.19. The van der Waals surface area contributed by atoms with Crippen molar-refractivity contribution in [2.45, 2.75) is 24.8 Å². The molecule has 4 fully saturated rings. The summed E-state index contributed by atoms with van der Waals surface area (Å²) in [4.78, 5) is 10.9. The highest BCUT2D eigenvalue weighted by molar-refractivity contribution is 5.14. The van der Waals surface area contributed by atoms with Gasteiger partial charge in [0, 0.05) is 51.9 Å². The summed E-state index contributed by atoms with van der Waals surface area (Å²) in [7, 11) is 0. The van der Waals surface area contributed by atoms with Crippen molar-refractivity contribution >= 4 is 0 Å². The average molecular weight is 328 g/mol. The fourth-order valence-electron chi connectivity index (χ4n) is 5.13. The van der Waals surface area contributed by atoms with Crippen LogP contribution in [0.3, 0.4) is 0 Å². The molecule has 0 spiro atoms. The summed E-state index contributed by atoms with van der Waals surface area (Å²) in [5, 5.41) is 0. The van der Waals surface area contributed by atoms with Gasteiger partial charge in [-0.1, -0.05) is 30.3 Å². The fourth-order valence-corrected chi connectivity index (χ4v) is 5.13. The molecular weight excluding hydrogens is 300 g/mol. The summed E-state index contributed by atoms with van der Waals surface area (Å²) in [5.41, 5.74) is 1.37. The maximum atomic E-state index is 6.09. The Morgan fingerprint density at radius 1 is 0.833 bits per heavy atom. The van der Waals surface area contributed by atoms with Gasteiger partial charge in [-0.2, -0.15) is 0 Å². The number of hydrogen-bond acceptors (Lipinski definition) is 5. The molecular formula is C19H28N4O. The molecule has 0 amide bonds. The largest absolute Gasteiger partial charge is 0.379 e. The van der Waals surface area contributed by atoms with E-state index in [2.05, 4.69) is 49.9 Å². The molecule has 5 rings (SSSR count).